The van der Waals surface area contributed by atoms with Gasteiger partial charge in [0.15, 0.2) is 0 Å². The highest BCUT2D eigenvalue weighted by atomic mass is 16.4. The number of carboxylic acid groups (broad SMARTS) is 2. The van der Waals surface area contributed by atoms with Gasteiger partial charge in [-0.15, -0.1) is 0 Å². The summed E-state index contributed by atoms with van der Waals surface area (Å²) in [4.78, 5) is 21.2. The van der Waals surface area contributed by atoms with Gasteiger partial charge in [-0.05, 0) is 46.1 Å². The molecule has 0 saturated carbocycles. The molecule has 114 valence electrons. The zero-order valence-corrected chi connectivity index (χ0v) is 12.5. The number of hydrogen-bond acceptors (Lipinski definition) is 4. The van der Waals surface area contributed by atoms with Crippen molar-refractivity contribution >= 4 is 11.9 Å². The molecule has 0 aliphatic carbocycles. The summed E-state index contributed by atoms with van der Waals surface area (Å²) in [6.45, 7) is 6.61. The van der Waals surface area contributed by atoms with Crippen LogP contribution in [-0.4, -0.2) is 24.5 Å². The minimum Gasteiger partial charge on any atom is -0.550 e. The second-order valence-corrected chi connectivity index (χ2v) is 5.18. The van der Waals surface area contributed by atoms with E-state index in [0.29, 0.717) is 6.54 Å². The maximum atomic E-state index is 10.9. The van der Waals surface area contributed by atoms with Crippen LogP contribution < -0.4 is 15.5 Å². The van der Waals surface area contributed by atoms with E-state index in [1.54, 1.807) is 5.32 Å². The van der Waals surface area contributed by atoms with Crippen LogP contribution in [0.15, 0.2) is 23.3 Å². The normalized spacial score (nSPS) is 12.8. The number of nitrogens with two attached hydrogens (primary N) is 1. The van der Waals surface area contributed by atoms with Crippen molar-refractivity contribution in [1.29, 1.82) is 0 Å². The van der Waals surface area contributed by atoms with Crippen molar-refractivity contribution in [3.05, 3.63) is 23.3 Å². The maximum absolute atomic E-state index is 10.9. The van der Waals surface area contributed by atoms with E-state index in [4.69, 9.17) is 0 Å². The second kappa shape index (κ2) is 10.2. The molecule has 0 spiro atoms. The van der Waals surface area contributed by atoms with Crippen LogP contribution in [0.5, 0.6) is 0 Å². The second-order valence-electron chi connectivity index (χ2n) is 5.18. The third-order valence-electron chi connectivity index (χ3n) is 2.94. The summed E-state index contributed by atoms with van der Waals surface area (Å²) in [6, 6.07) is -0.838. The summed E-state index contributed by atoms with van der Waals surface area (Å²) in [5.74, 6) is -2.47. The van der Waals surface area contributed by atoms with Crippen molar-refractivity contribution < 1.29 is 25.1 Å². The van der Waals surface area contributed by atoms with Crippen LogP contribution in [0.3, 0.4) is 0 Å². The molecule has 5 nitrogen and oxygen atoms in total. The summed E-state index contributed by atoms with van der Waals surface area (Å²) < 4.78 is 0. The lowest BCUT2D eigenvalue weighted by atomic mass is 10.1. The van der Waals surface area contributed by atoms with Crippen LogP contribution in [0.2, 0.25) is 0 Å². The average molecular weight is 282 g/mol. The Bertz CT molecular complexity index is 381. The Morgan fingerprint density at radius 3 is 2.25 bits per heavy atom. The lowest BCUT2D eigenvalue weighted by molar-refractivity contribution is -0.676. The molecule has 1 atom stereocenters. The lowest BCUT2D eigenvalue weighted by Gasteiger charge is -2.16. The van der Waals surface area contributed by atoms with E-state index in [9.17, 15) is 19.8 Å². The van der Waals surface area contributed by atoms with E-state index in [-0.39, 0.29) is 12.8 Å². The summed E-state index contributed by atoms with van der Waals surface area (Å²) in [6.07, 6.45) is 5.79. The van der Waals surface area contributed by atoms with Gasteiger partial charge < -0.3 is 25.1 Å². The summed E-state index contributed by atoms with van der Waals surface area (Å²) in [5.41, 5.74) is 2.47. The predicted octanol–water partition coefficient (Wildman–Crippen LogP) is -1.11. The van der Waals surface area contributed by atoms with Crippen molar-refractivity contribution in [3.63, 3.8) is 0 Å². The van der Waals surface area contributed by atoms with E-state index >= 15 is 0 Å². The molecular formula is C15H24NO4-. The van der Waals surface area contributed by atoms with Crippen molar-refractivity contribution in [2.45, 2.75) is 52.5 Å². The minimum absolute atomic E-state index is 0.0231. The molecule has 0 rings (SSSR count). The third kappa shape index (κ3) is 10.3. The van der Waals surface area contributed by atoms with Gasteiger partial charge in [-0.25, -0.2) is 0 Å². The smallest absolute Gasteiger partial charge is 0.127 e. The average Bonchev–Trinajstić information content (AvgIpc) is 2.32. The molecule has 0 aromatic rings. The highest BCUT2D eigenvalue weighted by Crippen LogP contribution is 2.05. The number of hydrogen-bond donors (Lipinski definition) is 1. The number of carbonyl (C=O) groups is 2. The van der Waals surface area contributed by atoms with Gasteiger partial charge in [-0.2, -0.15) is 0 Å². The van der Waals surface area contributed by atoms with Gasteiger partial charge in [0, 0.05) is 12.4 Å². The van der Waals surface area contributed by atoms with Gasteiger partial charge in [0.2, 0.25) is 0 Å². The fourth-order valence-corrected chi connectivity index (χ4v) is 1.73. The molecule has 0 aromatic carbocycles. The van der Waals surface area contributed by atoms with Crippen molar-refractivity contribution in [2.24, 2.45) is 0 Å². The standard InChI is InChI=1S/C15H25NO4/c1-11(2)5-4-6-12(3)9-10-16-13(15(19)20)7-8-14(17)18/h5,9,13,16H,4,6-8,10H2,1-3H3,(H,17,18)(H,19,20)/p-1/b12-9+/t13-/m0/s1. The summed E-state index contributed by atoms with van der Waals surface area (Å²) in [5, 5.41) is 22.8. The van der Waals surface area contributed by atoms with Crippen molar-refractivity contribution in [1.82, 2.24) is 0 Å². The first kappa shape index (κ1) is 18.4. The molecule has 0 unspecified atom stereocenters. The fourth-order valence-electron chi connectivity index (χ4n) is 1.73. The molecule has 0 aliphatic heterocycles. The molecule has 0 radical (unpaired) electrons. The van der Waals surface area contributed by atoms with Crippen LogP contribution in [0.25, 0.3) is 0 Å². The molecule has 20 heavy (non-hydrogen) atoms. The fraction of sp³-hybridized carbons (Fsp3) is 0.600. The Morgan fingerprint density at radius 1 is 1.10 bits per heavy atom. The Balaban J connectivity index is 4.11. The van der Waals surface area contributed by atoms with Crippen molar-refractivity contribution in [2.75, 3.05) is 6.54 Å². The Hall–Kier alpha value is -1.62. The lowest BCUT2D eigenvalue weighted by Crippen LogP contribution is -2.92. The molecule has 0 saturated heterocycles. The van der Waals surface area contributed by atoms with Crippen LogP contribution in [0.4, 0.5) is 0 Å². The van der Waals surface area contributed by atoms with Crippen LogP contribution >= 0.6 is 0 Å². The molecule has 2 N–H and O–H groups in total. The monoisotopic (exact) mass is 282 g/mol. The highest BCUT2D eigenvalue weighted by Gasteiger charge is 2.11. The number of allylic oxidation sites excluding steroid dienone is 3. The molecule has 0 aliphatic rings. The number of rotatable bonds is 10. The van der Waals surface area contributed by atoms with E-state index < -0.39 is 18.0 Å². The molecule has 0 fully saturated rings. The molecular weight excluding hydrogens is 258 g/mol. The number of carboxylic acids is 2. The van der Waals surface area contributed by atoms with Gasteiger partial charge >= 0.3 is 0 Å². The van der Waals surface area contributed by atoms with E-state index in [1.165, 1.54) is 11.1 Å². The van der Waals surface area contributed by atoms with E-state index in [1.807, 2.05) is 13.0 Å². The molecule has 0 amide bonds. The van der Waals surface area contributed by atoms with E-state index in [0.717, 1.165) is 12.8 Å². The van der Waals surface area contributed by atoms with Gasteiger partial charge in [0.05, 0.1) is 12.5 Å². The third-order valence-corrected chi connectivity index (χ3v) is 2.94. The zero-order valence-electron chi connectivity index (χ0n) is 12.5. The van der Waals surface area contributed by atoms with Gasteiger partial charge in [0.25, 0.3) is 0 Å². The first-order valence-corrected chi connectivity index (χ1v) is 6.86. The molecule has 0 aromatic heterocycles. The Morgan fingerprint density at radius 2 is 1.75 bits per heavy atom. The molecule has 0 bridgehead atoms. The highest BCUT2D eigenvalue weighted by molar-refractivity contribution is 5.71. The molecule has 5 heteroatoms. The van der Waals surface area contributed by atoms with Gasteiger partial charge in [-0.3, -0.25) is 0 Å². The number of carbonyl (C=O) groups excluding carboxylic acids is 2. The SMILES string of the molecule is CC(C)=CCC/C(C)=C/C[NH2+][C@@H](CCC(=O)[O-])C(=O)[O-]. The predicted molar refractivity (Wildman–Crippen MR) is 72.3 cm³/mol. The Labute approximate surface area is 120 Å². The first-order valence-electron chi connectivity index (χ1n) is 6.86. The summed E-state index contributed by atoms with van der Waals surface area (Å²) in [7, 11) is 0. The topological polar surface area (TPSA) is 96.9 Å². The molecule has 0 heterocycles. The Kier molecular flexibility index (Phi) is 9.38. The number of aliphatic carboxylic acids is 2. The minimum atomic E-state index is -1.24. The van der Waals surface area contributed by atoms with Crippen LogP contribution in [0, 0.1) is 0 Å². The zero-order chi connectivity index (χ0) is 15.5. The largest absolute Gasteiger partial charge is 0.550 e. The van der Waals surface area contributed by atoms with Crippen LogP contribution in [0.1, 0.15) is 46.5 Å². The van der Waals surface area contributed by atoms with Crippen molar-refractivity contribution in [3.8, 4) is 0 Å². The quantitative estimate of drug-likeness (QED) is 0.514. The maximum Gasteiger partial charge on any atom is 0.127 e. The van der Waals surface area contributed by atoms with Gasteiger partial charge in [-0.1, -0.05) is 17.2 Å². The summed E-state index contributed by atoms with van der Waals surface area (Å²) >= 11 is 0. The first-order chi connectivity index (χ1) is 9.32. The number of quaternary nitrogens is 1. The van der Waals surface area contributed by atoms with Crippen LogP contribution in [-0.2, 0) is 9.59 Å². The van der Waals surface area contributed by atoms with E-state index in [2.05, 4.69) is 19.9 Å². The van der Waals surface area contributed by atoms with Gasteiger partial charge in [0.1, 0.15) is 6.04 Å².